The maximum Gasteiger partial charge on any atom is 0.311 e. The van der Waals surface area contributed by atoms with E-state index in [1.807, 2.05) is 20.8 Å². The van der Waals surface area contributed by atoms with E-state index in [2.05, 4.69) is 4.74 Å². The third-order valence-corrected chi connectivity index (χ3v) is 3.94. The molecule has 0 spiro atoms. The van der Waals surface area contributed by atoms with Gasteiger partial charge in [0.25, 0.3) is 0 Å². The highest BCUT2D eigenvalue weighted by Crippen LogP contribution is 2.23. The van der Waals surface area contributed by atoms with E-state index in [1.54, 1.807) is 0 Å². The molecule has 1 aliphatic rings. The van der Waals surface area contributed by atoms with Crippen LogP contribution < -0.4 is 0 Å². The number of rotatable bonds is 8. The van der Waals surface area contributed by atoms with Crippen molar-refractivity contribution in [2.24, 2.45) is 5.41 Å². The fourth-order valence-corrected chi connectivity index (χ4v) is 1.92. The summed E-state index contributed by atoms with van der Waals surface area (Å²) in [5.41, 5.74) is -0.588. The Bertz CT molecular complexity index is 360. The highest BCUT2D eigenvalue weighted by molar-refractivity contribution is 5.76. The number of methoxy groups -OCH3 is 1. The van der Waals surface area contributed by atoms with Gasteiger partial charge >= 0.3 is 11.9 Å². The van der Waals surface area contributed by atoms with Gasteiger partial charge < -0.3 is 18.9 Å². The van der Waals surface area contributed by atoms with Gasteiger partial charge in [-0.15, -0.1) is 0 Å². The highest BCUT2D eigenvalue weighted by atomic mass is 16.7. The molecule has 0 amide bonds. The van der Waals surface area contributed by atoms with Gasteiger partial charge in [-0.1, -0.05) is 6.92 Å². The zero-order valence-corrected chi connectivity index (χ0v) is 14.1. The maximum atomic E-state index is 12.2. The first-order valence-electron chi connectivity index (χ1n) is 7.90. The van der Waals surface area contributed by atoms with Gasteiger partial charge in [0.05, 0.1) is 25.6 Å². The zero-order valence-electron chi connectivity index (χ0n) is 14.1. The Morgan fingerprint density at radius 1 is 1.32 bits per heavy atom. The molecule has 1 saturated heterocycles. The van der Waals surface area contributed by atoms with Gasteiger partial charge in [0, 0.05) is 6.61 Å². The number of hydrogen-bond donors (Lipinski definition) is 0. The van der Waals surface area contributed by atoms with Crippen LogP contribution in [0.1, 0.15) is 52.9 Å². The summed E-state index contributed by atoms with van der Waals surface area (Å²) in [5, 5.41) is 0. The van der Waals surface area contributed by atoms with Crippen molar-refractivity contribution in [3.8, 4) is 0 Å². The third-order valence-electron chi connectivity index (χ3n) is 3.94. The Labute approximate surface area is 132 Å². The molecule has 1 fully saturated rings. The summed E-state index contributed by atoms with van der Waals surface area (Å²) in [4.78, 5) is 23.6. The minimum Gasteiger partial charge on any atom is -0.469 e. The maximum absolute atomic E-state index is 12.2. The monoisotopic (exact) mass is 316 g/mol. The van der Waals surface area contributed by atoms with Gasteiger partial charge in [-0.05, 0) is 39.5 Å². The number of carbonyl (C=O) groups excluding carboxylic acids is 2. The molecule has 2 atom stereocenters. The van der Waals surface area contributed by atoms with Crippen LogP contribution in [0.15, 0.2) is 0 Å². The van der Waals surface area contributed by atoms with Crippen molar-refractivity contribution in [2.45, 2.75) is 65.3 Å². The molecule has 6 heteroatoms. The molecule has 0 aromatic carbocycles. The van der Waals surface area contributed by atoms with E-state index in [9.17, 15) is 9.59 Å². The van der Waals surface area contributed by atoms with E-state index in [1.165, 1.54) is 7.11 Å². The minimum atomic E-state index is -0.656. The molecule has 0 radical (unpaired) electrons. The molecule has 2 unspecified atom stereocenters. The van der Waals surface area contributed by atoms with E-state index >= 15 is 0 Å². The molecule has 0 aliphatic carbocycles. The van der Waals surface area contributed by atoms with Gasteiger partial charge in [-0.3, -0.25) is 9.59 Å². The summed E-state index contributed by atoms with van der Waals surface area (Å²) >= 11 is 0. The van der Waals surface area contributed by atoms with E-state index in [0.29, 0.717) is 13.0 Å². The van der Waals surface area contributed by atoms with Crippen molar-refractivity contribution in [1.29, 1.82) is 0 Å². The van der Waals surface area contributed by atoms with Crippen LogP contribution in [0.4, 0.5) is 0 Å². The van der Waals surface area contributed by atoms with Crippen LogP contribution in [-0.2, 0) is 28.5 Å². The molecule has 128 valence electrons. The third kappa shape index (κ3) is 6.32. The molecular weight excluding hydrogens is 288 g/mol. The van der Waals surface area contributed by atoms with Crippen molar-refractivity contribution in [3.63, 3.8) is 0 Å². The van der Waals surface area contributed by atoms with Gasteiger partial charge in [-0.2, -0.15) is 0 Å². The Hall–Kier alpha value is -1.14. The van der Waals surface area contributed by atoms with Crippen LogP contribution in [0.2, 0.25) is 0 Å². The van der Waals surface area contributed by atoms with Crippen LogP contribution in [-0.4, -0.2) is 44.7 Å². The number of carbonyl (C=O) groups is 2. The first kappa shape index (κ1) is 18.9. The van der Waals surface area contributed by atoms with E-state index < -0.39 is 17.5 Å². The fourth-order valence-electron chi connectivity index (χ4n) is 1.92. The molecule has 1 aliphatic heterocycles. The smallest absolute Gasteiger partial charge is 0.311 e. The summed E-state index contributed by atoms with van der Waals surface area (Å²) in [6.45, 7) is 6.36. The van der Waals surface area contributed by atoms with E-state index in [4.69, 9.17) is 14.2 Å². The molecule has 6 nitrogen and oxygen atoms in total. The molecular formula is C16H28O6. The lowest BCUT2D eigenvalue weighted by atomic mass is 9.90. The molecule has 0 saturated carbocycles. The van der Waals surface area contributed by atoms with Crippen molar-refractivity contribution in [2.75, 3.05) is 20.3 Å². The fraction of sp³-hybridized carbons (Fsp3) is 0.875. The summed E-state index contributed by atoms with van der Waals surface area (Å²) < 4.78 is 21.2. The second-order valence-corrected chi connectivity index (χ2v) is 6.17. The Kier molecular flexibility index (Phi) is 7.82. The van der Waals surface area contributed by atoms with Crippen LogP contribution in [0.3, 0.4) is 0 Å². The molecule has 0 bridgehead atoms. The summed E-state index contributed by atoms with van der Waals surface area (Å²) in [6.07, 6.45) is 2.60. The minimum absolute atomic E-state index is 0.0191. The van der Waals surface area contributed by atoms with Crippen LogP contribution >= 0.6 is 0 Å². The standard InChI is InChI=1S/C16H28O6/c1-5-16(2,3)15(18)22-12(10-13(17)19-4)11-21-14-8-6-7-9-20-14/h12,14H,5-11H2,1-4H3. The van der Waals surface area contributed by atoms with Gasteiger partial charge in [0.1, 0.15) is 6.10 Å². The van der Waals surface area contributed by atoms with Crippen LogP contribution in [0.5, 0.6) is 0 Å². The van der Waals surface area contributed by atoms with Gasteiger partial charge in [0.2, 0.25) is 0 Å². The summed E-state index contributed by atoms with van der Waals surface area (Å²) in [6, 6.07) is 0. The first-order valence-corrected chi connectivity index (χ1v) is 7.90. The first-order chi connectivity index (χ1) is 10.4. The summed E-state index contributed by atoms with van der Waals surface area (Å²) in [7, 11) is 1.31. The average molecular weight is 316 g/mol. The van der Waals surface area contributed by atoms with Crippen LogP contribution in [0, 0.1) is 5.41 Å². The molecule has 0 aromatic heterocycles. The predicted octanol–water partition coefficient (Wildman–Crippen LogP) is 2.44. The Balaban J connectivity index is 2.54. The lowest BCUT2D eigenvalue weighted by Gasteiger charge is -2.27. The molecule has 1 rings (SSSR count). The lowest BCUT2D eigenvalue weighted by Crippen LogP contribution is -2.35. The normalized spacial score (nSPS) is 20.3. The van der Waals surface area contributed by atoms with Crippen LogP contribution in [0.25, 0.3) is 0 Å². The second-order valence-electron chi connectivity index (χ2n) is 6.17. The SMILES string of the molecule is CCC(C)(C)C(=O)OC(COC1CCCCO1)CC(=O)OC. The lowest BCUT2D eigenvalue weighted by molar-refractivity contribution is -0.191. The van der Waals surface area contributed by atoms with E-state index in [-0.39, 0.29) is 25.3 Å². The molecule has 0 N–H and O–H groups in total. The molecule has 22 heavy (non-hydrogen) atoms. The number of ether oxygens (including phenoxy) is 4. The van der Waals surface area contributed by atoms with Gasteiger partial charge in [0.15, 0.2) is 6.29 Å². The van der Waals surface area contributed by atoms with E-state index in [0.717, 1.165) is 19.3 Å². The number of esters is 2. The largest absolute Gasteiger partial charge is 0.469 e. The quantitative estimate of drug-likeness (QED) is 0.641. The molecule has 1 heterocycles. The van der Waals surface area contributed by atoms with Crippen molar-refractivity contribution in [3.05, 3.63) is 0 Å². The highest BCUT2D eigenvalue weighted by Gasteiger charge is 2.31. The summed E-state index contributed by atoms with van der Waals surface area (Å²) in [5.74, 6) is -0.766. The van der Waals surface area contributed by atoms with Gasteiger partial charge in [-0.25, -0.2) is 0 Å². The predicted molar refractivity (Wildman–Crippen MR) is 80.1 cm³/mol. The zero-order chi connectivity index (χ0) is 16.6. The Morgan fingerprint density at radius 2 is 2.05 bits per heavy atom. The van der Waals surface area contributed by atoms with Crippen molar-refractivity contribution >= 4 is 11.9 Å². The average Bonchev–Trinajstić information content (AvgIpc) is 2.53. The van der Waals surface area contributed by atoms with Crippen molar-refractivity contribution in [1.82, 2.24) is 0 Å². The number of hydrogen-bond acceptors (Lipinski definition) is 6. The topological polar surface area (TPSA) is 71.1 Å². The Morgan fingerprint density at radius 3 is 2.59 bits per heavy atom. The second kappa shape index (κ2) is 9.10. The molecule has 0 aromatic rings. The van der Waals surface area contributed by atoms with Crippen molar-refractivity contribution < 1.29 is 28.5 Å².